The molecule has 3 heterocycles. The second-order valence-electron chi connectivity index (χ2n) is 18.5. The second-order valence-corrected chi connectivity index (χ2v) is 18.5. The van der Waals surface area contributed by atoms with Crippen molar-refractivity contribution in [3.05, 3.63) is 205 Å². The van der Waals surface area contributed by atoms with Crippen LogP contribution in [0.1, 0.15) is 88.5 Å². The lowest BCUT2D eigenvalue weighted by atomic mass is 9.58. The highest BCUT2D eigenvalue weighted by Crippen LogP contribution is 2.53. The van der Waals surface area contributed by atoms with E-state index < -0.39 is 0 Å². The molecule has 2 nitrogen and oxygen atoms in total. The minimum atomic E-state index is -0.0886. The highest BCUT2D eigenvalue weighted by Gasteiger charge is 2.59. The Balaban J connectivity index is 1.08. The molecule has 0 amide bonds. The van der Waals surface area contributed by atoms with Crippen LogP contribution in [-0.4, -0.2) is 0 Å². The third kappa shape index (κ3) is 7.93. The summed E-state index contributed by atoms with van der Waals surface area (Å²) in [6.45, 7) is 15.2. The summed E-state index contributed by atoms with van der Waals surface area (Å²) in [5.74, 6) is 0. The van der Waals surface area contributed by atoms with Crippen molar-refractivity contribution in [1.82, 2.24) is 0 Å². The third-order valence-corrected chi connectivity index (χ3v) is 14.9. The topological polar surface area (TPSA) is 7.76 Å². The number of hydrogen-bond acceptors (Lipinski definition) is 0. The van der Waals surface area contributed by atoms with Crippen LogP contribution >= 0.6 is 0 Å². The average molecular weight is 837 g/mol. The van der Waals surface area contributed by atoms with Gasteiger partial charge in [0.05, 0.1) is 11.0 Å². The molecule has 0 aliphatic carbocycles. The van der Waals surface area contributed by atoms with Crippen molar-refractivity contribution >= 4 is 0 Å². The zero-order chi connectivity index (χ0) is 44.3. The molecule has 320 valence electrons. The predicted octanol–water partition coefficient (Wildman–Crippen LogP) is 15.5. The third-order valence-electron chi connectivity index (χ3n) is 14.9. The summed E-state index contributed by atoms with van der Waals surface area (Å²) >= 11 is 0. The molecule has 6 aromatic carbocycles. The quantitative estimate of drug-likeness (QED) is 0.0964. The van der Waals surface area contributed by atoms with Gasteiger partial charge in [-0.05, 0) is 155 Å². The van der Waals surface area contributed by atoms with Crippen LogP contribution in [0.15, 0.2) is 182 Å². The van der Waals surface area contributed by atoms with Gasteiger partial charge in [0.1, 0.15) is 6.54 Å². The number of pyridine rings is 2. The van der Waals surface area contributed by atoms with E-state index in [1.54, 1.807) is 0 Å². The number of unbranched alkanes of at least 4 members (excludes halogenated alkanes) is 1. The van der Waals surface area contributed by atoms with Crippen molar-refractivity contribution in [3.63, 3.8) is 0 Å². The van der Waals surface area contributed by atoms with Crippen molar-refractivity contribution in [3.8, 4) is 67.0 Å². The Labute approximate surface area is 383 Å². The molecule has 8 aromatic rings. The monoisotopic (exact) mass is 837 g/mol. The van der Waals surface area contributed by atoms with Crippen molar-refractivity contribution in [2.75, 3.05) is 0 Å². The fourth-order valence-electron chi connectivity index (χ4n) is 11.1. The lowest BCUT2D eigenvalue weighted by Gasteiger charge is -2.48. The van der Waals surface area contributed by atoms with Crippen LogP contribution < -0.4 is 9.13 Å². The smallest absolute Gasteiger partial charge is 0.198 e. The molecule has 0 radical (unpaired) electrons. The molecule has 0 N–H and O–H groups in total. The van der Waals surface area contributed by atoms with Crippen molar-refractivity contribution in [2.24, 2.45) is 0 Å². The lowest BCUT2D eigenvalue weighted by molar-refractivity contribution is -0.771. The molecular weight excluding hydrogens is 773 g/mol. The maximum atomic E-state index is 2.68. The van der Waals surface area contributed by atoms with Gasteiger partial charge < -0.3 is 0 Å². The number of benzene rings is 6. The van der Waals surface area contributed by atoms with Crippen molar-refractivity contribution in [1.29, 1.82) is 0 Å². The van der Waals surface area contributed by atoms with E-state index in [9.17, 15) is 0 Å². The molecule has 0 fully saturated rings. The van der Waals surface area contributed by atoms with E-state index in [-0.39, 0.29) is 11.0 Å². The summed E-state index contributed by atoms with van der Waals surface area (Å²) in [5.41, 5.74) is 20.6. The summed E-state index contributed by atoms with van der Waals surface area (Å²) in [6, 6.07) is 63.8. The van der Waals surface area contributed by atoms with Gasteiger partial charge in [-0.2, -0.15) is 9.13 Å². The number of aromatic nitrogens is 2. The van der Waals surface area contributed by atoms with E-state index in [2.05, 4.69) is 233 Å². The first-order valence-electron chi connectivity index (χ1n) is 23.9. The maximum absolute atomic E-state index is 2.68. The Morgan fingerprint density at radius 1 is 0.453 bits per heavy atom. The Bertz CT molecular complexity index is 2910. The van der Waals surface area contributed by atoms with Crippen LogP contribution in [0.25, 0.3) is 67.0 Å². The van der Waals surface area contributed by atoms with Gasteiger partial charge in [-0.25, -0.2) is 0 Å². The largest absolute Gasteiger partial charge is 0.213 e. The van der Waals surface area contributed by atoms with E-state index in [1.807, 2.05) is 0 Å². The first-order chi connectivity index (χ1) is 31.3. The minimum Gasteiger partial charge on any atom is -0.198 e. The normalized spacial score (nSPS) is 16.6. The second kappa shape index (κ2) is 18.4. The molecule has 1 aliphatic heterocycles. The Morgan fingerprint density at radius 2 is 1.08 bits per heavy atom. The molecule has 0 saturated heterocycles. The summed E-state index contributed by atoms with van der Waals surface area (Å²) in [7, 11) is 0. The Hall–Kier alpha value is -6.38. The highest BCUT2D eigenvalue weighted by molar-refractivity contribution is 5.84. The van der Waals surface area contributed by atoms with Crippen LogP contribution in [0, 0.1) is 13.8 Å². The summed E-state index contributed by atoms with van der Waals surface area (Å²) < 4.78 is 5.15. The Morgan fingerprint density at radius 3 is 1.80 bits per heavy atom. The number of rotatable bonds is 14. The molecule has 2 atom stereocenters. The van der Waals surface area contributed by atoms with Gasteiger partial charge in [0, 0.05) is 49.1 Å². The number of nitrogens with zero attached hydrogens (tertiary/aromatic N) is 2. The van der Waals surface area contributed by atoms with E-state index in [1.165, 1.54) is 102 Å². The summed E-state index contributed by atoms with van der Waals surface area (Å²) in [6.07, 6.45) is 12.5. The molecule has 0 saturated carbocycles. The molecule has 2 unspecified atom stereocenters. The number of aryl methyl sites for hydroxylation is 4. The van der Waals surface area contributed by atoms with Crippen LogP contribution in [0.2, 0.25) is 0 Å². The van der Waals surface area contributed by atoms with Crippen LogP contribution in [0.4, 0.5) is 0 Å². The maximum Gasteiger partial charge on any atom is 0.213 e. The molecule has 2 aromatic heterocycles. The zero-order valence-electron chi connectivity index (χ0n) is 38.9. The number of fused-ring (bicyclic) bond motifs is 3. The van der Waals surface area contributed by atoms with Gasteiger partial charge in [0.15, 0.2) is 17.9 Å². The van der Waals surface area contributed by atoms with Gasteiger partial charge in [-0.15, -0.1) is 0 Å². The Kier molecular flexibility index (Phi) is 12.3. The van der Waals surface area contributed by atoms with E-state index in [0.29, 0.717) is 0 Å². The summed E-state index contributed by atoms with van der Waals surface area (Å²) in [5, 5.41) is 0. The summed E-state index contributed by atoms with van der Waals surface area (Å²) in [4.78, 5) is 0. The lowest BCUT2D eigenvalue weighted by Crippen LogP contribution is -2.69. The molecule has 2 heteroatoms. The fourth-order valence-corrected chi connectivity index (χ4v) is 11.1. The molecule has 1 aliphatic rings. The predicted molar refractivity (Wildman–Crippen MR) is 269 cm³/mol. The molecule has 0 spiro atoms. The minimum absolute atomic E-state index is 0.0794. The van der Waals surface area contributed by atoms with E-state index >= 15 is 0 Å². The molecular formula is C62H64N2+2. The van der Waals surface area contributed by atoms with Gasteiger partial charge in [0.2, 0.25) is 11.4 Å². The number of hydrogen-bond donors (Lipinski definition) is 0. The van der Waals surface area contributed by atoms with Crippen molar-refractivity contribution in [2.45, 2.75) is 104 Å². The zero-order valence-corrected chi connectivity index (χ0v) is 38.9. The van der Waals surface area contributed by atoms with Crippen molar-refractivity contribution < 1.29 is 9.13 Å². The van der Waals surface area contributed by atoms with Gasteiger partial charge in [-0.1, -0.05) is 124 Å². The molecule has 0 bridgehead atoms. The molecule has 64 heavy (non-hydrogen) atoms. The first-order valence-corrected chi connectivity index (χ1v) is 23.9. The molecule has 9 rings (SSSR count). The van der Waals surface area contributed by atoms with Gasteiger partial charge >= 0.3 is 0 Å². The van der Waals surface area contributed by atoms with E-state index in [0.717, 1.165) is 38.6 Å². The van der Waals surface area contributed by atoms with Crippen LogP contribution in [0.3, 0.4) is 0 Å². The highest BCUT2D eigenvalue weighted by atomic mass is 15.1. The standard InChI is InChI=1S/C62H64N2/c1-7-10-23-47-31-33-49(34-32-47)53-41-52(48-24-12-11-13-25-48)42-54(43-53)50-26-20-27-51(40-50)56-44-57-58(39-46(56)5)61(6,8-2)62(9-3,64-38-19-17-30-60(57)64)35-21-37-63-36-18-16-29-59(63)55-28-15-14-22-45(55)4/h11-20,22,24-34,36,38-44H,7-10,21,23,35,37H2,1-6H3/q+2. The van der Waals surface area contributed by atoms with Gasteiger partial charge in [0.25, 0.3) is 0 Å². The van der Waals surface area contributed by atoms with Crippen LogP contribution in [0.5, 0.6) is 0 Å². The van der Waals surface area contributed by atoms with Gasteiger partial charge in [-0.3, -0.25) is 0 Å². The van der Waals surface area contributed by atoms with E-state index in [4.69, 9.17) is 0 Å². The SMILES string of the molecule is CCCCc1ccc(-c2cc(-c3ccccc3)cc(-c3cccc(-c4cc5c(cc4C)C(C)(CC)C(CC)(CCC[n+]4ccccc4-c4ccccc4C)[n+]4ccccc4-5)c3)c2)cc1. The van der Waals surface area contributed by atoms with Crippen LogP contribution in [-0.2, 0) is 23.9 Å². The first kappa shape index (κ1) is 42.9. The average Bonchev–Trinajstić information content (AvgIpc) is 3.35. The fraction of sp³-hybridized carbons (Fsp3) is 0.258.